The van der Waals surface area contributed by atoms with Crippen molar-refractivity contribution in [2.45, 2.75) is 12.6 Å². The van der Waals surface area contributed by atoms with Crippen molar-refractivity contribution in [1.82, 2.24) is 4.90 Å². The van der Waals surface area contributed by atoms with Crippen LogP contribution in [0.15, 0.2) is 83.0 Å². The number of aliphatic hydroxyl groups is 1. The lowest BCUT2D eigenvalue weighted by molar-refractivity contribution is -0.140. The number of carbonyl (C=O) groups is 2. The summed E-state index contributed by atoms with van der Waals surface area (Å²) in [5, 5.41) is 11.3. The quantitative estimate of drug-likeness (QED) is 0.401. The monoisotopic (exact) mass is 393 g/mol. The van der Waals surface area contributed by atoms with Crippen LogP contribution in [-0.2, 0) is 16.1 Å². The lowest BCUT2D eigenvalue weighted by Crippen LogP contribution is -2.29. The minimum absolute atomic E-state index is 0.0324. The molecule has 3 aromatic rings. The molecule has 140 valence electrons. The van der Waals surface area contributed by atoms with Crippen molar-refractivity contribution in [3.05, 3.63) is 100 Å². The van der Waals surface area contributed by atoms with E-state index in [0.717, 1.165) is 5.56 Å². The van der Waals surface area contributed by atoms with Crippen LogP contribution in [0.25, 0.3) is 5.76 Å². The highest BCUT2D eigenvalue weighted by molar-refractivity contribution is 6.46. The minimum atomic E-state index is -0.738. The summed E-state index contributed by atoms with van der Waals surface area (Å²) in [4.78, 5) is 27.1. The Morgan fingerprint density at radius 1 is 1.04 bits per heavy atom. The molecule has 0 radical (unpaired) electrons. The molecule has 2 aromatic carbocycles. The van der Waals surface area contributed by atoms with Gasteiger partial charge in [0.25, 0.3) is 11.7 Å². The highest BCUT2D eigenvalue weighted by Gasteiger charge is 2.46. The van der Waals surface area contributed by atoms with Crippen LogP contribution in [-0.4, -0.2) is 21.7 Å². The fraction of sp³-hybridized carbons (Fsp3) is 0.0909. The van der Waals surface area contributed by atoms with Gasteiger partial charge in [0.2, 0.25) is 0 Å². The molecule has 1 unspecified atom stereocenters. The average Bonchev–Trinajstić information content (AvgIpc) is 3.30. The molecule has 1 fully saturated rings. The van der Waals surface area contributed by atoms with Crippen molar-refractivity contribution in [3.8, 4) is 0 Å². The number of hydrogen-bond donors (Lipinski definition) is 1. The third-order valence-corrected chi connectivity index (χ3v) is 4.89. The third kappa shape index (κ3) is 3.21. The number of nitrogens with zero attached hydrogens (tertiary/aromatic N) is 1. The summed E-state index contributed by atoms with van der Waals surface area (Å²) in [5.41, 5.74) is 1.13. The van der Waals surface area contributed by atoms with Crippen LogP contribution in [0.1, 0.15) is 22.9 Å². The van der Waals surface area contributed by atoms with Gasteiger partial charge in [-0.25, -0.2) is 0 Å². The molecule has 0 spiro atoms. The molecule has 1 aromatic heterocycles. The molecule has 0 bridgehead atoms. The summed E-state index contributed by atoms with van der Waals surface area (Å²) in [7, 11) is 0. The number of likely N-dealkylation sites (tertiary alicyclic amines) is 1. The molecular formula is C22H16ClNO4. The smallest absolute Gasteiger partial charge is 0.296 e. The van der Waals surface area contributed by atoms with Crippen molar-refractivity contribution in [2.75, 3.05) is 0 Å². The SMILES string of the molecule is O=C1C(=O)N(Cc2ccco2)C(c2ccccc2)/C1=C(/O)c1cccc(Cl)c1. The number of rotatable bonds is 4. The van der Waals surface area contributed by atoms with Gasteiger partial charge in [-0.1, -0.05) is 54.1 Å². The predicted molar refractivity (Wildman–Crippen MR) is 104 cm³/mol. The summed E-state index contributed by atoms with van der Waals surface area (Å²) in [6, 6.07) is 18.4. The zero-order valence-electron chi connectivity index (χ0n) is 14.7. The zero-order valence-corrected chi connectivity index (χ0v) is 15.5. The first-order valence-corrected chi connectivity index (χ1v) is 9.05. The molecule has 0 aliphatic carbocycles. The van der Waals surface area contributed by atoms with E-state index in [1.165, 1.54) is 11.2 Å². The van der Waals surface area contributed by atoms with E-state index in [1.54, 1.807) is 36.4 Å². The molecule has 4 rings (SSSR count). The largest absolute Gasteiger partial charge is 0.507 e. The fourth-order valence-corrected chi connectivity index (χ4v) is 3.58. The number of Topliss-reactive ketones (excluding diaryl/α,β-unsaturated/α-hetero) is 1. The van der Waals surface area contributed by atoms with Crippen LogP contribution in [0.2, 0.25) is 5.02 Å². The Bertz CT molecular complexity index is 1060. The number of hydrogen-bond acceptors (Lipinski definition) is 4. The van der Waals surface area contributed by atoms with Gasteiger partial charge in [-0.15, -0.1) is 0 Å². The van der Waals surface area contributed by atoms with E-state index < -0.39 is 17.7 Å². The van der Waals surface area contributed by atoms with Crippen LogP contribution in [0, 0.1) is 0 Å². The third-order valence-electron chi connectivity index (χ3n) is 4.66. The highest BCUT2D eigenvalue weighted by atomic mass is 35.5. The first-order valence-electron chi connectivity index (χ1n) is 8.68. The van der Waals surface area contributed by atoms with Crippen molar-refractivity contribution in [3.63, 3.8) is 0 Å². The van der Waals surface area contributed by atoms with Crippen LogP contribution >= 0.6 is 11.6 Å². The van der Waals surface area contributed by atoms with E-state index in [1.807, 2.05) is 30.3 Å². The molecule has 1 aliphatic heterocycles. The topological polar surface area (TPSA) is 70.8 Å². The predicted octanol–water partition coefficient (Wildman–Crippen LogP) is 4.55. The number of halogens is 1. The lowest BCUT2D eigenvalue weighted by Gasteiger charge is -2.24. The fourth-order valence-electron chi connectivity index (χ4n) is 3.39. The molecule has 1 N–H and O–H groups in total. The molecule has 1 saturated heterocycles. The van der Waals surface area contributed by atoms with Crippen LogP contribution in [0.5, 0.6) is 0 Å². The number of benzene rings is 2. The van der Waals surface area contributed by atoms with Crippen LogP contribution in [0.4, 0.5) is 0 Å². The van der Waals surface area contributed by atoms with E-state index >= 15 is 0 Å². The van der Waals surface area contributed by atoms with Crippen molar-refractivity contribution >= 4 is 29.1 Å². The van der Waals surface area contributed by atoms with E-state index in [0.29, 0.717) is 16.3 Å². The maximum Gasteiger partial charge on any atom is 0.296 e. The molecule has 6 heteroatoms. The van der Waals surface area contributed by atoms with Gasteiger partial charge in [0.15, 0.2) is 0 Å². The summed E-state index contributed by atoms with van der Waals surface area (Å²) in [6.07, 6.45) is 1.51. The maximum absolute atomic E-state index is 12.9. The van der Waals surface area contributed by atoms with Gasteiger partial charge >= 0.3 is 0 Å². The van der Waals surface area contributed by atoms with E-state index in [-0.39, 0.29) is 17.9 Å². The summed E-state index contributed by atoms with van der Waals surface area (Å²) in [5.74, 6) is -1.13. The molecular weight excluding hydrogens is 378 g/mol. The second-order valence-electron chi connectivity index (χ2n) is 6.43. The summed E-state index contributed by atoms with van der Waals surface area (Å²) >= 11 is 6.03. The average molecular weight is 394 g/mol. The number of amides is 1. The Morgan fingerprint density at radius 3 is 2.50 bits per heavy atom. The Morgan fingerprint density at radius 2 is 1.82 bits per heavy atom. The van der Waals surface area contributed by atoms with Gasteiger partial charge in [-0.2, -0.15) is 0 Å². The second kappa shape index (κ2) is 7.37. The van der Waals surface area contributed by atoms with Crippen LogP contribution in [0.3, 0.4) is 0 Å². The molecule has 5 nitrogen and oxygen atoms in total. The molecule has 1 atom stereocenters. The number of furan rings is 1. The molecule has 28 heavy (non-hydrogen) atoms. The zero-order chi connectivity index (χ0) is 19.7. The van der Waals surface area contributed by atoms with Gasteiger partial charge in [0.1, 0.15) is 11.5 Å². The molecule has 0 saturated carbocycles. The summed E-state index contributed by atoms with van der Waals surface area (Å²) < 4.78 is 5.36. The lowest BCUT2D eigenvalue weighted by atomic mass is 9.95. The van der Waals surface area contributed by atoms with E-state index in [4.69, 9.17) is 16.0 Å². The first-order chi connectivity index (χ1) is 13.6. The Kier molecular flexibility index (Phi) is 4.75. The van der Waals surface area contributed by atoms with Crippen molar-refractivity contribution in [2.24, 2.45) is 0 Å². The Balaban J connectivity index is 1.87. The van der Waals surface area contributed by atoms with Gasteiger partial charge in [0, 0.05) is 10.6 Å². The second-order valence-corrected chi connectivity index (χ2v) is 6.86. The van der Waals surface area contributed by atoms with Crippen molar-refractivity contribution < 1.29 is 19.1 Å². The van der Waals surface area contributed by atoms with Gasteiger partial charge in [-0.3, -0.25) is 9.59 Å². The number of ketones is 1. The van der Waals surface area contributed by atoms with Gasteiger partial charge in [-0.05, 0) is 29.8 Å². The molecule has 2 heterocycles. The number of aliphatic hydroxyl groups excluding tert-OH is 1. The minimum Gasteiger partial charge on any atom is -0.507 e. The Labute approximate surface area is 166 Å². The van der Waals surface area contributed by atoms with E-state index in [2.05, 4.69) is 0 Å². The highest BCUT2D eigenvalue weighted by Crippen LogP contribution is 2.40. The molecule has 1 amide bonds. The van der Waals surface area contributed by atoms with Gasteiger partial charge < -0.3 is 14.4 Å². The maximum atomic E-state index is 12.9. The van der Waals surface area contributed by atoms with Gasteiger partial charge in [0.05, 0.1) is 24.4 Å². The standard InChI is InChI=1S/C22H16ClNO4/c23-16-9-4-8-15(12-16)20(25)18-19(14-6-2-1-3-7-14)24(22(27)21(18)26)13-17-10-5-11-28-17/h1-12,19,25H,13H2/b20-18-. The normalized spacial score (nSPS) is 18.6. The van der Waals surface area contributed by atoms with E-state index in [9.17, 15) is 14.7 Å². The summed E-state index contributed by atoms with van der Waals surface area (Å²) in [6.45, 7) is 0.115. The Hall–Kier alpha value is -3.31. The molecule has 1 aliphatic rings. The first kappa shape index (κ1) is 18.1. The van der Waals surface area contributed by atoms with Crippen LogP contribution < -0.4 is 0 Å². The van der Waals surface area contributed by atoms with Crippen molar-refractivity contribution in [1.29, 1.82) is 0 Å². The number of carbonyl (C=O) groups excluding carboxylic acids is 2.